The monoisotopic (exact) mass is 384 g/mol. The first kappa shape index (κ1) is 18.6. The Morgan fingerprint density at radius 1 is 1.26 bits per heavy atom. The summed E-state index contributed by atoms with van der Waals surface area (Å²) in [7, 11) is -2.30. The number of nitrogens with zero attached hydrogens (tertiary/aromatic N) is 2. The van der Waals surface area contributed by atoms with Gasteiger partial charge in [-0.05, 0) is 35.9 Å². The van der Waals surface area contributed by atoms with E-state index in [1.54, 1.807) is 37.4 Å². The van der Waals surface area contributed by atoms with Crippen LogP contribution >= 0.6 is 0 Å². The zero-order valence-corrected chi connectivity index (χ0v) is 15.2. The van der Waals surface area contributed by atoms with Crippen molar-refractivity contribution in [3.05, 3.63) is 53.6 Å². The van der Waals surface area contributed by atoms with Crippen LogP contribution in [-0.2, 0) is 26.0 Å². The number of nitriles is 1. The smallest absolute Gasteiger partial charge is 0.241 e. The van der Waals surface area contributed by atoms with Crippen molar-refractivity contribution < 1.29 is 18.0 Å². The highest BCUT2D eigenvalue weighted by Gasteiger charge is 2.26. The summed E-state index contributed by atoms with van der Waals surface area (Å²) in [4.78, 5) is 25.2. The van der Waals surface area contributed by atoms with Crippen LogP contribution < -0.4 is 14.9 Å². The second-order valence-electron chi connectivity index (χ2n) is 5.95. The molecule has 2 aromatic rings. The normalized spacial score (nSPS) is 13.2. The number of carbonyl (C=O) groups excluding carboxylic acids is 2. The Labute approximate surface area is 156 Å². The van der Waals surface area contributed by atoms with E-state index in [9.17, 15) is 18.0 Å². The lowest BCUT2D eigenvalue weighted by Crippen LogP contribution is -2.33. The fourth-order valence-electron chi connectivity index (χ4n) is 2.74. The SMILES string of the molecule is CN1C(=O)Cc2cc(S(=O)(=O)NCC(=O)Nc3ccccc3C#N)ccc21. The Morgan fingerprint density at radius 3 is 2.74 bits per heavy atom. The van der Waals surface area contributed by atoms with Crippen LogP contribution in [0.15, 0.2) is 47.4 Å². The predicted octanol–water partition coefficient (Wildman–Crippen LogP) is 0.994. The Balaban J connectivity index is 1.69. The molecule has 2 aromatic carbocycles. The average Bonchev–Trinajstić information content (AvgIpc) is 2.94. The molecule has 0 saturated carbocycles. The van der Waals surface area contributed by atoms with Crippen molar-refractivity contribution in [1.82, 2.24) is 4.72 Å². The highest BCUT2D eigenvalue weighted by Crippen LogP contribution is 2.29. The van der Waals surface area contributed by atoms with Gasteiger partial charge >= 0.3 is 0 Å². The average molecular weight is 384 g/mol. The van der Waals surface area contributed by atoms with Crippen molar-refractivity contribution in [2.24, 2.45) is 0 Å². The third kappa shape index (κ3) is 3.81. The molecule has 0 saturated heterocycles. The summed E-state index contributed by atoms with van der Waals surface area (Å²) in [6.07, 6.45) is 0.140. The molecule has 0 fully saturated rings. The minimum absolute atomic E-state index is 0.0189. The van der Waals surface area contributed by atoms with Crippen LogP contribution in [0.2, 0.25) is 0 Å². The van der Waals surface area contributed by atoms with Crippen molar-refractivity contribution in [3.8, 4) is 6.07 Å². The minimum atomic E-state index is -3.93. The lowest BCUT2D eigenvalue weighted by Gasteiger charge is -2.11. The third-order valence-electron chi connectivity index (χ3n) is 4.18. The van der Waals surface area contributed by atoms with Gasteiger partial charge in [0.1, 0.15) is 6.07 Å². The number of rotatable bonds is 5. The molecule has 1 aliphatic heterocycles. The number of fused-ring (bicyclic) bond motifs is 1. The number of hydrogen-bond donors (Lipinski definition) is 2. The molecule has 0 bridgehead atoms. The molecular weight excluding hydrogens is 368 g/mol. The van der Waals surface area contributed by atoms with Crippen molar-refractivity contribution in [2.45, 2.75) is 11.3 Å². The molecule has 0 atom stereocenters. The van der Waals surface area contributed by atoms with Crippen LogP contribution in [0.25, 0.3) is 0 Å². The molecule has 0 unspecified atom stereocenters. The maximum absolute atomic E-state index is 12.4. The second kappa shape index (κ2) is 7.19. The zero-order chi connectivity index (χ0) is 19.6. The standard InChI is InChI=1S/C18H16N4O4S/c1-22-16-7-6-14(8-13(16)9-18(22)24)27(25,26)20-11-17(23)21-15-5-3-2-4-12(15)10-19/h2-8,20H,9,11H2,1H3,(H,21,23). The summed E-state index contributed by atoms with van der Waals surface area (Å²) in [5, 5.41) is 11.5. The van der Waals surface area contributed by atoms with E-state index in [2.05, 4.69) is 10.0 Å². The highest BCUT2D eigenvalue weighted by atomic mass is 32.2. The van der Waals surface area contributed by atoms with E-state index in [1.807, 2.05) is 6.07 Å². The van der Waals surface area contributed by atoms with Crippen LogP contribution in [0.1, 0.15) is 11.1 Å². The summed E-state index contributed by atoms with van der Waals surface area (Å²) in [6.45, 7) is -0.488. The first-order chi connectivity index (χ1) is 12.8. The van der Waals surface area contributed by atoms with Crippen LogP contribution in [0.4, 0.5) is 11.4 Å². The van der Waals surface area contributed by atoms with Crippen molar-refractivity contribution >= 4 is 33.2 Å². The largest absolute Gasteiger partial charge is 0.324 e. The summed E-state index contributed by atoms with van der Waals surface area (Å²) < 4.78 is 27.1. The molecule has 2 N–H and O–H groups in total. The highest BCUT2D eigenvalue weighted by molar-refractivity contribution is 7.89. The number of amides is 2. The van der Waals surface area contributed by atoms with Crippen LogP contribution in [-0.4, -0.2) is 33.8 Å². The fourth-order valence-corrected chi connectivity index (χ4v) is 3.77. The van der Waals surface area contributed by atoms with Gasteiger partial charge in [0.25, 0.3) is 0 Å². The van der Waals surface area contributed by atoms with Gasteiger partial charge in [-0.15, -0.1) is 0 Å². The van der Waals surface area contributed by atoms with E-state index in [1.165, 1.54) is 17.0 Å². The van der Waals surface area contributed by atoms with Gasteiger partial charge in [-0.1, -0.05) is 12.1 Å². The molecule has 0 spiro atoms. The van der Waals surface area contributed by atoms with Gasteiger partial charge in [0.15, 0.2) is 0 Å². The van der Waals surface area contributed by atoms with E-state index in [4.69, 9.17) is 5.26 Å². The van der Waals surface area contributed by atoms with Crippen molar-refractivity contribution in [3.63, 3.8) is 0 Å². The number of carbonyl (C=O) groups is 2. The molecule has 0 aliphatic carbocycles. The lowest BCUT2D eigenvalue weighted by atomic mass is 10.2. The molecule has 0 radical (unpaired) electrons. The van der Waals surface area contributed by atoms with Gasteiger partial charge in [0, 0.05) is 12.7 Å². The Hall–Kier alpha value is -3.22. The van der Waals surface area contributed by atoms with Gasteiger partial charge in [-0.3, -0.25) is 9.59 Å². The summed E-state index contributed by atoms with van der Waals surface area (Å²) in [5.74, 6) is -0.708. The second-order valence-corrected chi connectivity index (χ2v) is 7.72. The molecule has 1 heterocycles. The molecule has 8 nitrogen and oxygen atoms in total. The zero-order valence-electron chi connectivity index (χ0n) is 14.4. The van der Waals surface area contributed by atoms with Gasteiger partial charge in [0.2, 0.25) is 21.8 Å². The molecule has 9 heteroatoms. The molecular formula is C18H16N4O4S. The first-order valence-electron chi connectivity index (χ1n) is 8.00. The number of anilines is 2. The molecule has 27 heavy (non-hydrogen) atoms. The number of nitrogens with one attached hydrogen (secondary N) is 2. The molecule has 3 rings (SSSR count). The maximum atomic E-state index is 12.4. The molecule has 0 aromatic heterocycles. The number of hydrogen-bond acceptors (Lipinski definition) is 5. The summed E-state index contributed by atoms with van der Waals surface area (Å²) in [5.41, 5.74) is 1.88. The van der Waals surface area contributed by atoms with Crippen LogP contribution in [0.5, 0.6) is 0 Å². The first-order valence-corrected chi connectivity index (χ1v) is 9.48. The van der Waals surface area contributed by atoms with E-state index in [-0.39, 0.29) is 22.8 Å². The number of para-hydroxylation sites is 1. The lowest BCUT2D eigenvalue weighted by molar-refractivity contribution is -0.117. The number of benzene rings is 2. The topological polar surface area (TPSA) is 119 Å². The van der Waals surface area contributed by atoms with Crippen LogP contribution in [0.3, 0.4) is 0 Å². The van der Waals surface area contributed by atoms with E-state index < -0.39 is 22.5 Å². The number of likely N-dealkylation sites (N-methyl/N-ethyl adjacent to an activating group) is 1. The molecule has 2 amide bonds. The molecule has 1 aliphatic rings. The van der Waals surface area contributed by atoms with Crippen LogP contribution in [0, 0.1) is 11.3 Å². The Bertz CT molecular complexity index is 1070. The van der Waals surface area contributed by atoms with Crippen molar-refractivity contribution in [1.29, 1.82) is 5.26 Å². The fraction of sp³-hybridized carbons (Fsp3) is 0.167. The summed E-state index contributed by atoms with van der Waals surface area (Å²) in [6, 6.07) is 12.7. The van der Waals surface area contributed by atoms with Crippen molar-refractivity contribution in [2.75, 3.05) is 23.8 Å². The number of sulfonamides is 1. The van der Waals surface area contributed by atoms with Gasteiger partial charge in [-0.25, -0.2) is 13.1 Å². The minimum Gasteiger partial charge on any atom is -0.324 e. The van der Waals surface area contributed by atoms with Gasteiger partial charge in [0.05, 0.1) is 29.1 Å². The van der Waals surface area contributed by atoms with Gasteiger partial charge < -0.3 is 10.2 Å². The van der Waals surface area contributed by atoms with E-state index in [0.29, 0.717) is 16.9 Å². The summed E-state index contributed by atoms with van der Waals surface area (Å²) >= 11 is 0. The van der Waals surface area contributed by atoms with E-state index in [0.717, 1.165) is 0 Å². The Morgan fingerprint density at radius 2 is 2.00 bits per heavy atom. The maximum Gasteiger partial charge on any atom is 0.241 e. The van der Waals surface area contributed by atoms with Gasteiger partial charge in [-0.2, -0.15) is 5.26 Å². The van der Waals surface area contributed by atoms with E-state index >= 15 is 0 Å². The quantitative estimate of drug-likeness (QED) is 0.797. The third-order valence-corrected chi connectivity index (χ3v) is 5.58. The molecule has 138 valence electrons. The predicted molar refractivity (Wildman–Crippen MR) is 98.5 cm³/mol. The Kier molecular flexibility index (Phi) is 4.94.